The van der Waals surface area contributed by atoms with Crippen molar-refractivity contribution in [3.8, 4) is 12.3 Å². The molecule has 74 valence electrons. The molecule has 0 saturated carbocycles. The minimum atomic E-state index is -0.403. The Morgan fingerprint density at radius 2 is 2.14 bits per heavy atom. The summed E-state index contributed by atoms with van der Waals surface area (Å²) in [6, 6.07) is 1.80. The van der Waals surface area contributed by atoms with Gasteiger partial charge < -0.3 is 5.32 Å². The second-order valence-electron chi connectivity index (χ2n) is 3.52. The summed E-state index contributed by atoms with van der Waals surface area (Å²) >= 11 is 3.30. The van der Waals surface area contributed by atoms with E-state index in [1.807, 2.05) is 20.8 Å². The Bertz CT molecular complexity index is 359. The zero-order chi connectivity index (χ0) is 10.8. The normalized spacial score (nSPS) is 10.8. The van der Waals surface area contributed by atoms with Crippen LogP contribution in [-0.4, -0.2) is 15.5 Å². The molecule has 0 spiro atoms. The molecule has 1 rings (SSSR count). The number of terminal acetylenes is 1. The first-order chi connectivity index (χ1) is 6.43. The highest BCUT2D eigenvalue weighted by Crippen LogP contribution is 2.16. The summed E-state index contributed by atoms with van der Waals surface area (Å²) in [5.41, 5.74) is -0.403. The topological polar surface area (TPSA) is 37.8 Å². The van der Waals surface area contributed by atoms with E-state index in [-0.39, 0.29) is 0 Å². The van der Waals surface area contributed by atoms with E-state index in [2.05, 4.69) is 37.1 Å². The van der Waals surface area contributed by atoms with E-state index in [0.29, 0.717) is 5.82 Å². The van der Waals surface area contributed by atoms with Crippen LogP contribution in [0.4, 0.5) is 5.82 Å². The molecular formula is C10H12BrN3. The molecule has 3 nitrogen and oxygen atoms in total. The molecule has 0 amide bonds. The number of aryl methyl sites for hydroxylation is 1. The van der Waals surface area contributed by atoms with Crippen molar-refractivity contribution in [1.29, 1.82) is 0 Å². The molecule has 0 radical (unpaired) electrons. The van der Waals surface area contributed by atoms with Crippen LogP contribution in [0.15, 0.2) is 10.7 Å². The SMILES string of the molecule is C#CC(C)(C)Nc1cc(Br)nc(C)n1. The molecule has 4 heteroatoms. The summed E-state index contributed by atoms with van der Waals surface area (Å²) in [6.45, 7) is 5.66. The minimum Gasteiger partial charge on any atom is -0.354 e. The molecule has 0 aliphatic rings. The molecule has 1 aromatic heterocycles. The molecule has 0 bridgehead atoms. The molecule has 0 aliphatic heterocycles. The zero-order valence-electron chi connectivity index (χ0n) is 8.43. The summed E-state index contributed by atoms with van der Waals surface area (Å²) in [4.78, 5) is 8.32. The van der Waals surface area contributed by atoms with Gasteiger partial charge in [0.1, 0.15) is 16.2 Å². The van der Waals surface area contributed by atoms with Crippen LogP contribution in [0.1, 0.15) is 19.7 Å². The van der Waals surface area contributed by atoms with Gasteiger partial charge in [-0.3, -0.25) is 0 Å². The predicted octanol–water partition coefficient (Wildman–Crippen LogP) is 2.37. The number of nitrogens with zero attached hydrogens (tertiary/aromatic N) is 2. The number of hydrogen-bond donors (Lipinski definition) is 1. The van der Waals surface area contributed by atoms with Crippen LogP contribution in [0.3, 0.4) is 0 Å². The van der Waals surface area contributed by atoms with Crippen molar-refractivity contribution in [1.82, 2.24) is 9.97 Å². The van der Waals surface area contributed by atoms with Gasteiger partial charge in [0.15, 0.2) is 0 Å². The maximum Gasteiger partial charge on any atom is 0.131 e. The lowest BCUT2D eigenvalue weighted by molar-refractivity contribution is 0.733. The molecule has 1 N–H and O–H groups in total. The Kier molecular flexibility index (Phi) is 3.12. The predicted molar refractivity (Wildman–Crippen MR) is 61.0 cm³/mol. The number of nitrogens with one attached hydrogen (secondary N) is 1. The van der Waals surface area contributed by atoms with Crippen LogP contribution in [-0.2, 0) is 0 Å². The molecule has 14 heavy (non-hydrogen) atoms. The van der Waals surface area contributed by atoms with Gasteiger partial charge in [0.05, 0.1) is 5.54 Å². The third-order valence-corrected chi connectivity index (χ3v) is 2.01. The van der Waals surface area contributed by atoms with Crippen molar-refractivity contribution < 1.29 is 0 Å². The van der Waals surface area contributed by atoms with Gasteiger partial charge in [-0.05, 0) is 36.7 Å². The van der Waals surface area contributed by atoms with Crippen LogP contribution in [0.5, 0.6) is 0 Å². The molecule has 1 aromatic rings. The molecule has 1 heterocycles. The second-order valence-corrected chi connectivity index (χ2v) is 4.33. The molecule has 0 aliphatic carbocycles. The Hall–Kier alpha value is -1.08. The smallest absolute Gasteiger partial charge is 0.131 e. The lowest BCUT2D eigenvalue weighted by Crippen LogP contribution is -2.29. The Morgan fingerprint density at radius 1 is 1.50 bits per heavy atom. The molecule has 0 fully saturated rings. The van der Waals surface area contributed by atoms with E-state index in [4.69, 9.17) is 6.42 Å². The van der Waals surface area contributed by atoms with Crippen LogP contribution in [0, 0.1) is 19.3 Å². The average molecular weight is 254 g/mol. The van der Waals surface area contributed by atoms with Gasteiger partial charge in [0, 0.05) is 6.07 Å². The average Bonchev–Trinajstić information content (AvgIpc) is 2.01. The monoisotopic (exact) mass is 253 g/mol. The molecule has 0 unspecified atom stereocenters. The third-order valence-electron chi connectivity index (χ3n) is 1.61. The molecular weight excluding hydrogens is 242 g/mol. The fourth-order valence-corrected chi connectivity index (χ4v) is 1.43. The third kappa shape index (κ3) is 3.00. The van der Waals surface area contributed by atoms with Crippen LogP contribution < -0.4 is 5.32 Å². The summed E-state index contributed by atoms with van der Waals surface area (Å²) < 4.78 is 0.750. The maximum absolute atomic E-state index is 5.36. The van der Waals surface area contributed by atoms with Crippen LogP contribution in [0.2, 0.25) is 0 Å². The lowest BCUT2D eigenvalue weighted by atomic mass is 10.1. The largest absolute Gasteiger partial charge is 0.354 e. The second kappa shape index (κ2) is 3.97. The Balaban J connectivity index is 2.94. The Labute approximate surface area is 92.5 Å². The molecule has 0 saturated heterocycles. The maximum atomic E-state index is 5.36. The van der Waals surface area contributed by atoms with Crippen molar-refractivity contribution in [2.75, 3.05) is 5.32 Å². The summed E-state index contributed by atoms with van der Waals surface area (Å²) in [6.07, 6.45) is 5.36. The fourth-order valence-electron chi connectivity index (χ4n) is 0.952. The van der Waals surface area contributed by atoms with Crippen molar-refractivity contribution in [2.45, 2.75) is 26.3 Å². The van der Waals surface area contributed by atoms with E-state index in [1.54, 1.807) is 6.07 Å². The number of halogens is 1. The van der Waals surface area contributed by atoms with E-state index >= 15 is 0 Å². The van der Waals surface area contributed by atoms with Crippen LogP contribution >= 0.6 is 15.9 Å². The lowest BCUT2D eigenvalue weighted by Gasteiger charge is -2.20. The summed E-state index contributed by atoms with van der Waals surface area (Å²) in [5, 5.41) is 3.13. The van der Waals surface area contributed by atoms with E-state index < -0.39 is 5.54 Å². The number of rotatable bonds is 2. The molecule has 0 aromatic carbocycles. The quantitative estimate of drug-likeness (QED) is 0.650. The van der Waals surface area contributed by atoms with Gasteiger partial charge in [0.25, 0.3) is 0 Å². The van der Waals surface area contributed by atoms with Crippen molar-refractivity contribution in [2.24, 2.45) is 0 Å². The van der Waals surface area contributed by atoms with Crippen molar-refractivity contribution in [3.63, 3.8) is 0 Å². The van der Waals surface area contributed by atoms with Gasteiger partial charge in [-0.25, -0.2) is 9.97 Å². The van der Waals surface area contributed by atoms with Gasteiger partial charge in [-0.2, -0.15) is 0 Å². The highest BCUT2D eigenvalue weighted by molar-refractivity contribution is 9.10. The highest BCUT2D eigenvalue weighted by Gasteiger charge is 2.14. The van der Waals surface area contributed by atoms with Gasteiger partial charge >= 0.3 is 0 Å². The Morgan fingerprint density at radius 3 is 2.64 bits per heavy atom. The number of hydrogen-bond acceptors (Lipinski definition) is 3. The number of anilines is 1. The van der Waals surface area contributed by atoms with Gasteiger partial charge in [-0.15, -0.1) is 6.42 Å². The van der Waals surface area contributed by atoms with E-state index in [9.17, 15) is 0 Å². The number of aromatic nitrogens is 2. The first kappa shape index (κ1) is 11.0. The summed E-state index contributed by atoms with van der Waals surface area (Å²) in [5.74, 6) is 4.07. The van der Waals surface area contributed by atoms with Gasteiger partial charge in [0.2, 0.25) is 0 Å². The first-order valence-corrected chi connectivity index (χ1v) is 4.99. The first-order valence-electron chi connectivity index (χ1n) is 4.20. The zero-order valence-corrected chi connectivity index (χ0v) is 10.0. The fraction of sp³-hybridized carbons (Fsp3) is 0.400. The van der Waals surface area contributed by atoms with Crippen molar-refractivity contribution >= 4 is 21.7 Å². The van der Waals surface area contributed by atoms with E-state index in [0.717, 1.165) is 10.4 Å². The molecule has 0 atom stereocenters. The van der Waals surface area contributed by atoms with Gasteiger partial charge in [-0.1, -0.05) is 5.92 Å². The van der Waals surface area contributed by atoms with Crippen LogP contribution in [0.25, 0.3) is 0 Å². The minimum absolute atomic E-state index is 0.403. The standard InChI is InChI=1S/C10H12BrN3/c1-5-10(3,4)14-9-6-8(11)12-7(2)13-9/h1,6H,2-4H3,(H,12,13,14). The van der Waals surface area contributed by atoms with E-state index in [1.165, 1.54) is 0 Å². The summed E-state index contributed by atoms with van der Waals surface area (Å²) in [7, 11) is 0. The highest BCUT2D eigenvalue weighted by atomic mass is 79.9. The van der Waals surface area contributed by atoms with Crippen molar-refractivity contribution in [3.05, 3.63) is 16.5 Å².